The van der Waals surface area contributed by atoms with Gasteiger partial charge in [0, 0.05) is 17.2 Å². The van der Waals surface area contributed by atoms with Crippen molar-refractivity contribution in [1.29, 1.82) is 0 Å². The van der Waals surface area contributed by atoms with Crippen LogP contribution in [0.5, 0.6) is 0 Å². The molecule has 0 amide bonds. The maximum absolute atomic E-state index is 13.1. The summed E-state index contributed by atoms with van der Waals surface area (Å²) in [5, 5.41) is 4.24. The van der Waals surface area contributed by atoms with E-state index in [1.807, 2.05) is 12.3 Å². The molecule has 0 aliphatic rings. The Bertz CT molecular complexity index is 496. The largest absolute Gasteiger partial charge is 0.325 e. The Balaban J connectivity index is 2.22. The highest BCUT2D eigenvalue weighted by molar-refractivity contribution is 9.10. The minimum absolute atomic E-state index is 0.246. The van der Waals surface area contributed by atoms with Gasteiger partial charge < -0.3 is 5.73 Å². The first-order valence-corrected chi connectivity index (χ1v) is 5.64. The van der Waals surface area contributed by atoms with Crippen LogP contribution in [0.2, 0.25) is 0 Å². The van der Waals surface area contributed by atoms with Gasteiger partial charge in [-0.15, -0.1) is 0 Å². The molecule has 0 bridgehead atoms. The number of halogens is 2. The highest BCUT2D eigenvalue weighted by Gasteiger charge is 2.04. The molecule has 0 aliphatic heterocycles. The van der Waals surface area contributed by atoms with Crippen LogP contribution in [0.4, 0.5) is 4.39 Å². The number of nitrogens with zero attached hydrogens (tertiary/aromatic N) is 2. The molecule has 84 valence electrons. The maximum Gasteiger partial charge on any atom is 0.123 e. The lowest BCUT2D eigenvalue weighted by atomic mass is 10.2. The molecule has 2 rings (SSSR count). The van der Waals surface area contributed by atoms with Crippen molar-refractivity contribution in [3.05, 3.63) is 52.0 Å². The first-order chi connectivity index (χ1) is 7.69. The highest BCUT2D eigenvalue weighted by Crippen LogP contribution is 2.18. The maximum atomic E-state index is 13.1. The summed E-state index contributed by atoms with van der Waals surface area (Å²) in [5.41, 5.74) is 7.15. The normalized spacial score (nSPS) is 10.7. The monoisotopic (exact) mass is 283 g/mol. The number of aromatic nitrogens is 2. The summed E-state index contributed by atoms with van der Waals surface area (Å²) in [6, 6.07) is 6.46. The second-order valence-corrected chi connectivity index (χ2v) is 4.30. The summed E-state index contributed by atoms with van der Waals surface area (Å²) in [6.45, 7) is 0.940. The molecule has 16 heavy (non-hydrogen) atoms. The summed E-state index contributed by atoms with van der Waals surface area (Å²) in [5.74, 6) is -0.246. The fourth-order valence-electron chi connectivity index (χ4n) is 1.44. The topological polar surface area (TPSA) is 43.8 Å². The van der Waals surface area contributed by atoms with Crippen molar-refractivity contribution in [3.63, 3.8) is 0 Å². The average molecular weight is 284 g/mol. The quantitative estimate of drug-likeness (QED) is 0.939. The van der Waals surface area contributed by atoms with Crippen LogP contribution in [0.3, 0.4) is 0 Å². The lowest BCUT2D eigenvalue weighted by molar-refractivity contribution is 0.617. The van der Waals surface area contributed by atoms with E-state index in [2.05, 4.69) is 21.0 Å². The molecule has 0 saturated heterocycles. The van der Waals surface area contributed by atoms with Crippen molar-refractivity contribution in [2.24, 2.45) is 5.73 Å². The number of benzene rings is 1. The van der Waals surface area contributed by atoms with Crippen molar-refractivity contribution in [2.75, 3.05) is 0 Å². The van der Waals surface area contributed by atoms with Gasteiger partial charge in [0.25, 0.3) is 0 Å². The Morgan fingerprint density at radius 1 is 1.38 bits per heavy atom. The van der Waals surface area contributed by atoms with Crippen molar-refractivity contribution in [3.8, 4) is 0 Å². The van der Waals surface area contributed by atoms with Crippen LogP contribution in [-0.4, -0.2) is 9.78 Å². The number of hydrogen-bond acceptors (Lipinski definition) is 2. The van der Waals surface area contributed by atoms with E-state index in [1.54, 1.807) is 10.7 Å². The van der Waals surface area contributed by atoms with Crippen LogP contribution >= 0.6 is 15.9 Å². The van der Waals surface area contributed by atoms with Gasteiger partial charge in [0.15, 0.2) is 0 Å². The van der Waals surface area contributed by atoms with Crippen LogP contribution < -0.4 is 5.73 Å². The van der Waals surface area contributed by atoms with E-state index < -0.39 is 0 Å². The first-order valence-electron chi connectivity index (χ1n) is 4.85. The van der Waals surface area contributed by atoms with Crippen LogP contribution in [0.15, 0.2) is 34.9 Å². The molecule has 1 heterocycles. The summed E-state index contributed by atoms with van der Waals surface area (Å²) >= 11 is 3.38. The lowest BCUT2D eigenvalue weighted by Gasteiger charge is -2.04. The molecule has 0 saturated carbocycles. The van der Waals surface area contributed by atoms with Crippen LogP contribution in [0.1, 0.15) is 11.3 Å². The molecule has 0 unspecified atom stereocenters. The summed E-state index contributed by atoms with van der Waals surface area (Å²) in [7, 11) is 0. The van der Waals surface area contributed by atoms with E-state index in [-0.39, 0.29) is 5.82 Å². The van der Waals surface area contributed by atoms with E-state index in [0.29, 0.717) is 13.1 Å². The average Bonchev–Trinajstić information content (AvgIpc) is 2.71. The zero-order valence-electron chi connectivity index (χ0n) is 8.53. The molecular weight excluding hydrogens is 273 g/mol. The number of hydrogen-bond donors (Lipinski definition) is 1. The Kier molecular flexibility index (Phi) is 3.36. The molecule has 0 spiro atoms. The molecule has 2 N–H and O–H groups in total. The molecule has 0 aliphatic carbocycles. The van der Waals surface area contributed by atoms with Gasteiger partial charge in [-0.05, 0) is 29.8 Å². The number of nitrogens with two attached hydrogens (primary N) is 1. The summed E-state index contributed by atoms with van der Waals surface area (Å²) in [4.78, 5) is 0. The summed E-state index contributed by atoms with van der Waals surface area (Å²) < 4.78 is 15.7. The Hall–Kier alpha value is -1.20. The molecule has 0 fully saturated rings. The van der Waals surface area contributed by atoms with Crippen molar-refractivity contribution >= 4 is 15.9 Å². The van der Waals surface area contributed by atoms with E-state index in [4.69, 9.17) is 5.73 Å². The first kappa shape index (κ1) is 11.3. The van der Waals surface area contributed by atoms with E-state index in [1.165, 1.54) is 12.1 Å². The van der Waals surface area contributed by atoms with E-state index in [0.717, 1.165) is 15.7 Å². The molecule has 5 heteroatoms. The third kappa shape index (κ3) is 2.48. The number of rotatable bonds is 3. The second-order valence-electron chi connectivity index (χ2n) is 3.44. The van der Waals surface area contributed by atoms with Gasteiger partial charge >= 0.3 is 0 Å². The Labute approximate surface area is 101 Å². The Morgan fingerprint density at radius 3 is 2.88 bits per heavy atom. The third-order valence-electron chi connectivity index (χ3n) is 2.25. The Morgan fingerprint density at radius 2 is 2.19 bits per heavy atom. The lowest BCUT2D eigenvalue weighted by Crippen LogP contribution is -2.04. The summed E-state index contributed by atoms with van der Waals surface area (Å²) in [6.07, 6.45) is 1.83. The molecule has 1 aromatic carbocycles. The molecule has 3 nitrogen and oxygen atoms in total. The van der Waals surface area contributed by atoms with Gasteiger partial charge in [-0.1, -0.05) is 15.9 Å². The molecule has 1 aromatic heterocycles. The fourth-order valence-corrected chi connectivity index (χ4v) is 1.81. The van der Waals surface area contributed by atoms with Gasteiger partial charge in [0.2, 0.25) is 0 Å². The van der Waals surface area contributed by atoms with Gasteiger partial charge in [-0.3, -0.25) is 4.68 Å². The van der Waals surface area contributed by atoms with Crippen LogP contribution in [0.25, 0.3) is 0 Å². The zero-order valence-corrected chi connectivity index (χ0v) is 10.1. The zero-order chi connectivity index (χ0) is 11.5. The van der Waals surface area contributed by atoms with Gasteiger partial charge in [0.1, 0.15) is 5.82 Å². The van der Waals surface area contributed by atoms with Gasteiger partial charge in [-0.2, -0.15) is 5.10 Å². The van der Waals surface area contributed by atoms with Crippen LogP contribution in [0, 0.1) is 5.82 Å². The third-order valence-corrected chi connectivity index (χ3v) is 3.02. The second kappa shape index (κ2) is 4.76. The van der Waals surface area contributed by atoms with Crippen molar-refractivity contribution in [2.45, 2.75) is 13.1 Å². The molecular formula is C11H11BrFN3. The molecule has 0 radical (unpaired) electrons. The van der Waals surface area contributed by atoms with Gasteiger partial charge in [-0.25, -0.2) is 4.39 Å². The van der Waals surface area contributed by atoms with Gasteiger partial charge in [0.05, 0.1) is 12.2 Å². The predicted octanol–water partition coefficient (Wildman–Crippen LogP) is 2.29. The predicted molar refractivity (Wildman–Crippen MR) is 63.3 cm³/mol. The smallest absolute Gasteiger partial charge is 0.123 e. The SMILES string of the molecule is NCc1ccn(Cc2cc(F)ccc2Br)n1. The fraction of sp³-hybridized carbons (Fsp3) is 0.182. The van der Waals surface area contributed by atoms with Crippen molar-refractivity contribution < 1.29 is 4.39 Å². The molecule has 2 aromatic rings. The molecule has 0 atom stereocenters. The van der Waals surface area contributed by atoms with E-state index in [9.17, 15) is 4.39 Å². The van der Waals surface area contributed by atoms with E-state index >= 15 is 0 Å². The minimum atomic E-state index is -0.246. The standard InChI is InChI=1S/C11H11BrFN3/c12-11-2-1-9(13)5-8(11)7-16-4-3-10(6-14)15-16/h1-5H,6-7,14H2. The highest BCUT2D eigenvalue weighted by atomic mass is 79.9. The van der Waals surface area contributed by atoms with Crippen LogP contribution in [-0.2, 0) is 13.1 Å². The van der Waals surface area contributed by atoms with Crippen molar-refractivity contribution in [1.82, 2.24) is 9.78 Å². The minimum Gasteiger partial charge on any atom is -0.325 e.